The highest BCUT2D eigenvalue weighted by Gasteiger charge is 2.34. The number of nitrogens with zero attached hydrogens (tertiary/aromatic N) is 5. The molecule has 0 radical (unpaired) electrons. The Morgan fingerprint density at radius 2 is 2.22 bits per heavy atom. The second-order valence-corrected chi connectivity index (χ2v) is 6.64. The zero-order valence-electron chi connectivity index (χ0n) is 11.9. The third-order valence-corrected chi connectivity index (χ3v) is 5.01. The summed E-state index contributed by atoms with van der Waals surface area (Å²) in [6.45, 7) is 0.494. The fraction of sp³-hybridized carbons (Fsp3) is 0.455. The molecule has 1 fully saturated rings. The lowest BCUT2D eigenvalue weighted by molar-refractivity contribution is -0.138. The van der Waals surface area contributed by atoms with Crippen molar-refractivity contribution >= 4 is 46.1 Å². The predicted molar refractivity (Wildman–Crippen MR) is 81.9 cm³/mol. The van der Waals surface area contributed by atoms with E-state index < -0.39 is 17.9 Å². The van der Waals surface area contributed by atoms with Crippen molar-refractivity contribution in [3.8, 4) is 0 Å². The number of anilines is 2. The number of rotatable bonds is 5. The SMILES string of the molecule is CSc1nnc(NC(=O)c2nnc(N3CCCC3C(=O)O)o2)s1. The lowest BCUT2D eigenvalue weighted by Gasteiger charge is -2.17. The molecular weight excluding hydrogens is 344 g/mol. The number of thioether (sulfide) groups is 1. The lowest BCUT2D eigenvalue weighted by atomic mass is 10.2. The Balaban J connectivity index is 1.71. The predicted octanol–water partition coefficient (Wildman–Crippen LogP) is 0.949. The Hall–Kier alpha value is -2.21. The maximum Gasteiger partial charge on any atom is 0.326 e. The van der Waals surface area contributed by atoms with E-state index in [-0.39, 0.29) is 11.9 Å². The first kappa shape index (κ1) is 15.7. The molecule has 2 N–H and O–H groups in total. The average Bonchev–Trinajstić information content (AvgIpc) is 3.26. The van der Waals surface area contributed by atoms with Gasteiger partial charge in [-0.25, -0.2) is 4.79 Å². The minimum Gasteiger partial charge on any atom is -0.480 e. The Labute approximate surface area is 138 Å². The van der Waals surface area contributed by atoms with Gasteiger partial charge in [-0.2, -0.15) is 0 Å². The molecular formula is C11H12N6O4S2. The molecule has 12 heteroatoms. The number of aliphatic carboxylic acids is 1. The van der Waals surface area contributed by atoms with Crippen LogP contribution < -0.4 is 10.2 Å². The molecule has 1 aliphatic rings. The molecule has 1 atom stereocenters. The number of hydrogen-bond donors (Lipinski definition) is 2. The van der Waals surface area contributed by atoms with Crippen LogP contribution in [0.25, 0.3) is 0 Å². The molecule has 122 valence electrons. The molecule has 3 heterocycles. The van der Waals surface area contributed by atoms with Crippen LogP contribution in [0.1, 0.15) is 23.5 Å². The van der Waals surface area contributed by atoms with Gasteiger partial charge in [-0.3, -0.25) is 10.1 Å². The van der Waals surface area contributed by atoms with Crippen molar-refractivity contribution in [2.45, 2.75) is 23.2 Å². The summed E-state index contributed by atoms with van der Waals surface area (Å²) < 4.78 is 6.01. The van der Waals surface area contributed by atoms with Crippen LogP contribution in [-0.4, -0.2) is 56.2 Å². The summed E-state index contributed by atoms with van der Waals surface area (Å²) in [6, 6.07) is -0.680. The van der Waals surface area contributed by atoms with Crippen LogP contribution in [-0.2, 0) is 4.79 Å². The number of hydrogen-bond acceptors (Lipinski definition) is 10. The molecule has 2 aromatic heterocycles. The van der Waals surface area contributed by atoms with E-state index in [1.54, 1.807) is 0 Å². The molecule has 0 aliphatic carbocycles. The molecule has 1 aliphatic heterocycles. The van der Waals surface area contributed by atoms with Crippen molar-refractivity contribution < 1.29 is 19.1 Å². The summed E-state index contributed by atoms with van der Waals surface area (Å²) in [6.07, 6.45) is 3.07. The second kappa shape index (κ2) is 6.50. The normalized spacial score (nSPS) is 17.4. The maximum atomic E-state index is 12.0. The zero-order chi connectivity index (χ0) is 16.4. The van der Waals surface area contributed by atoms with E-state index in [1.165, 1.54) is 28.0 Å². The van der Waals surface area contributed by atoms with E-state index in [4.69, 9.17) is 9.52 Å². The van der Waals surface area contributed by atoms with E-state index in [0.29, 0.717) is 28.9 Å². The van der Waals surface area contributed by atoms with Crippen LogP contribution in [0.2, 0.25) is 0 Å². The monoisotopic (exact) mass is 356 g/mol. The Morgan fingerprint density at radius 3 is 2.91 bits per heavy atom. The summed E-state index contributed by atoms with van der Waals surface area (Å²) in [5.74, 6) is -1.82. The van der Waals surface area contributed by atoms with Gasteiger partial charge in [-0.05, 0) is 19.1 Å². The van der Waals surface area contributed by atoms with E-state index in [2.05, 4.69) is 25.7 Å². The van der Waals surface area contributed by atoms with Gasteiger partial charge >= 0.3 is 23.8 Å². The third-order valence-electron chi connectivity index (χ3n) is 3.19. The highest BCUT2D eigenvalue weighted by molar-refractivity contribution is 8.00. The first-order valence-electron chi connectivity index (χ1n) is 6.60. The van der Waals surface area contributed by atoms with E-state index in [1.807, 2.05) is 6.26 Å². The third kappa shape index (κ3) is 3.27. The number of carbonyl (C=O) groups excluding carboxylic acids is 1. The fourth-order valence-corrected chi connectivity index (χ4v) is 3.33. The van der Waals surface area contributed by atoms with Gasteiger partial charge in [0, 0.05) is 6.54 Å². The topological polar surface area (TPSA) is 134 Å². The first-order valence-corrected chi connectivity index (χ1v) is 8.64. The van der Waals surface area contributed by atoms with Crippen LogP contribution >= 0.6 is 23.1 Å². The molecule has 1 amide bonds. The van der Waals surface area contributed by atoms with Crippen molar-refractivity contribution in [1.29, 1.82) is 0 Å². The van der Waals surface area contributed by atoms with Gasteiger partial charge in [0.25, 0.3) is 0 Å². The molecule has 0 spiro atoms. The van der Waals surface area contributed by atoms with E-state index in [0.717, 1.165) is 0 Å². The Bertz CT molecular complexity index is 732. The number of amides is 1. The number of nitrogens with one attached hydrogen (secondary N) is 1. The molecule has 1 unspecified atom stereocenters. The summed E-state index contributed by atoms with van der Waals surface area (Å²) >= 11 is 2.64. The van der Waals surface area contributed by atoms with Crippen molar-refractivity contribution in [1.82, 2.24) is 20.4 Å². The standard InChI is InChI=1S/C11H12N6O4S2/c1-22-11-16-14-9(23-11)12-6(18)7-13-15-10(21-7)17-4-2-3-5(17)8(19)20/h5H,2-4H2,1H3,(H,19,20)(H,12,14,18). The number of aromatic nitrogens is 4. The second-order valence-electron chi connectivity index (χ2n) is 4.61. The van der Waals surface area contributed by atoms with Gasteiger partial charge in [0.1, 0.15) is 6.04 Å². The van der Waals surface area contributed by atoms with Gasteiger partial charge in [-0.15, -0.1) is 15.3 Å². The van der Waals surface area contributed by atoms with Gasteiger partial charge in [0.05, 0.1) is 0 Å². The lowest BCUT2D eigenvalue weighted by Crippen LogP contribution is -2.36. The maximum absolute atomic E-state index is 12.0. The highest BCUT2D eigenvalue weighted by Crippen LogP contribution is 2.26. The summed E-state index contributed by atoms with van der Waals surface area (Å²) in [7, 11) is 0. The Kier molecular flexibility index (Phi) is 4.43. The summed E-state index contributed by atoms with van der Waals surface area (Å²) in [5, 5.41) is 27.1. The molecule has 0 aromatic carbocycles. The Morgan fingerprint density at radius 1 is 1.39 bits per heavy atom. The van der Waals surface area contributed by atoms with Crippen LogP contribution in [0.5, 0.6) is 0 Å². The highest BCUT2D eigenvalue weighted by atomic mass is 32.2. The molecule has 1 saturated heterocycles. The molecule has 2 aromatic rings. The van der Waals surface area contributed by atoms with Gasteiger partial charge in [0.15, 0.2) is 4.34 Å². The van der Waals surface area contributed by atoms with E-state index >= 15 is 0 Å². The summed E-state index contributed by atoms with van der Waals surface area (Å²) in [5.41, 5.74) is 0. The fourth-order valence-electron chi connectivity index (χ4n) is 2.17. The first-order chi connectivity index (χ1) is 11.1. The molecule has 3 rings (SSSR count). The van der Waals surface area contributed by atoms with E-state index in [9.17, 15) is 9.59 Å². The smallest absolute Gasteiger partial charge is 0.326 e. The number of carboxylic acid groups (broad SMARTS) is 1. The zero-order valence-corrected chi connectivity index (χ0v) is 13.6. The minimum atomic E-state index is -0.954. The molecule has 10 nitrogen and oxygen atoms in total. The largest absolute Gasteiger partial charge is 0.480 e. The van der Waals surface area contributed by atoms with Crippen molar-refractivity contribution in [3.63, 3.8) is 0 Å². The van der Waals surface area contributed by atoms with Crippen LogP contribution in [0.3, 0.4) is 0 Å². The van der Waals surface area contributed by atoms with Crippen molar-refractivity contribution in [2.24, 2.45) is 0 Å². The number of carbonyl (C=O) groups is 2. The van der Waals surface area contributed by atoms with Gasteiger partial charge in [-0.1, -0.05) is 28.2 Å². The van der Waals surface area contributed by atoms with Crippen molar-refractivity contribution in [3.05, 3.63) is 5.89 Å². The number of carboxylic acids is 1. The van der Waals surface area contributed by atoms with Gasteiger partial charge in [0.2, 0.25) is 5.13 Å². The van der Waals surface area contributed by atoms with Crippen LogP contribution in [0.15, 0.2) is 8.76 Å². The van der Waals surface area contributed by atoms with Crippen LogP contribution in [0.4, 0.5) is 11.1 Å². The quantitative estimate of drug-likeness (QED) is 0.589. The van der Waals surface area contributed by atoms with Gasteiger partial charge < -0.3 is 14.4 Å². The molecule has 23 heavy (non-hydrogen) atoms. The minimum absolute atomic E-state index is 0.0297. The average molecular weight is 356 g/mol. The van der Waals surface area contributed by atoms with Crippen molar-refractivity contribution in [2.75, 3.05) is 23.0 Å². The summed E-state index contributed by atoms with van der Waals surface area (Å²) in [4.78, 5) is 24.7. The van der Waals surface area contributed by atoms with Crippen LogP contribution in [0, 0.1) is 0 Å². The molecule has 0 saturated carbocycles. The molecule has 0 bridgehead atoms.